The number of anilines is 1. The third kappa shape index (κ3) is 1.99. The van der Waals surface area contributed by atoms with Crippen LogP contribution < -0.4 is 5.32 Å². The second-order valence-corrected chi connectivity index (χ2v) is 4.33. The molecule has 1 amide bonds. The zero-order valence-electron chi connectivity index (χ0n) is 10.1. The molecule has 1 saturated carbocycles. The normalized spacial score (nSPS) is 14.7. The van der Waals surface area contributed by atoms with Crippen LogP contribution in [0.3, 0.4) is 0 Å². The van der Waals surface area contributed by atoms with Crippen molar-refractivity contribution in [1.29, 1.82) is 0 Å². The van der Waals surface area contributed by atoms with Gasteiger partial charge in [0.2, 0.25) is 5.95 Å². The molecule has 1 aliphatic carbocycles. The Bertz CT molecular complexity index is 568. The number of hydrogen-bond acceptors (Lipinski definition) is 4. The van der Waals surface area contributed by atoms with Crippen molar-refractivity contribution < 1.29 is 4.79 Å². The van der Waals surface area contributed by atoms with Gasteiger partial charge in [0.1, 0.15) is 6.33 Å². The largest absolute Gasteiger partial charge is 0.297 e. The fraction of sp³-hybridized carbons (Fsp3) is 0.455. The molecule has 0 unspecified atom stereocenters. The molecule has 0 bridgehead atoms. The number of aromatic nitrogens is 5. The number of nitrogens with one attached hydrogen (secondary N) is 1. The second kappa shape index (κ2) is 4.25. The van der Waals surface area contributed by atoms with Gasteiger partial charge in [0.25, 0.3) is 5.91 Å². The Balaban J connectivity index is 1.75. The minimum atomic E-state index is -0.204. The molecule has 7 heteroatoms. The van der Waals surface area contributed by atoms with Gasteiger partial charge in [-0.1, -0.05) is 0 Å². The van der Waals surface area contributed by atoms with Crippen molar-refractivity contribution in [3.05, 3.63) is 24.3 Å². The van der Waals surface area contributed by atoms with E-state index in [9.17, 15) is 4.79 Å². The first-order chi connectivity index (χ1) is 8.78. The maximum absolute atomic E-state index is 12.0. The molecule has 0 radical (unpaired) electrons. The van der Waals surface area contributed by atoms with E-state index in [2.05, 4.69) is 20.6 Å². The van der Waals surface area contributed by atoms with Crippen LogP contribution in [0, 0.1) is 0 Å². The van der Waals surface area contributed by atoms with E-state index in [0.717, 1.165) is 19.4 Å². The molecule has 2 aromatic rings. The van der Waals surface area contributed by atoms with Crippen molar-refractivity contribution in [2.45, 2.75) is 32.4 Å². The highest BCUT2D eigenvalue weighted by atomic mass is 16.1. The number of aryl methyl sites for hydroxylation is 1. The lowest BCUT2D eigenvalue weighted by Gasteiger charge is -2.04. The number of amides is 1. The van der Waals surface area contributed by atoms with Gasteiger partial charge in [0, 0.05) is 18.8 Å². The molecule has 1 N–H and O–H groups in total. The molecule has 0 aromatic carbocycles. The Hall–Kier alpha value is -2.18. The zero-order valence-corrected chi connectivity index (χ0v) is 10.1. The average molecular weight is 246 g/mol. The molecule has 18 heavy (non-hydrogen) atoms. The second-order valence-electron chi connectivity index (χ2n) is 4.33. The third-order valence-corrected chi connectivity index (χ3v) is 2.96. The van der Waals surface area contributed by atoms with E-state index in [0.29, 0.717) is 17.6 Å². The number of rotatable bonds is 4. The van der Waals surface area contributed by atoms with E-state index in [4.69, 9.17) is 0 Å². The maximum Gasteiger partial charge on any atom is 0.261 e. The van der Waals surface area contributed by atoms with Gasteiger partial charge in [0.05, 0.1) is 11.8 Å². The summed E-state index contributed by atoms with van der Waals surface area (Å²) in [6.45, 7) is 2.71. The van der Waals surface area contributed by atoms with Crippen molar-refractivity contribution >= 4 is 11.9 Å². The molecule has 2 aromatic heterocycles. The number of hydrogen-bond donors (Lipinski definition) is 1. The molecule has 1 aliphatic rings. The van der Waals surface area contributed by atoms with Gasteiger partial charge >= 0.3 is 0 Å². The summed E-state index contributed by atoms with van der Waals surface area (Å²) in [6, 6.07) is 0.439. The van der Waals surface area contributed by atoms with Gasteiger partial charge in [-0.25, -0.2) is 0 Å². The Morgan fingerprint density at radius 1 is 1.56 bits per heavy atom. The Kier molecular flexibility index (Phi) is 2.58. The maximum atomic E-state index is 12.0. The summed E-state index contributed by atoms with van der Waals surface area (Å²) in [5.41, 5.74) is 0.530. The summed E-state index contributed by atoms with van der Waals surface area (Å²) in [5, 5.41) is 14.6. The minimum Gasteiger partial charge on any atom is -0.297 e. The lowest BCUT2D eigenvalue weighted by Crippen LogP contribution is -2.15. The number of nitrogens with zero attached hydrogens (tertiary/aromatic N) is 5. The number of carbonyl (C=O) groups excluding carboxylic acids is 1. The minimum absolute atomic E-state index is 0.204. The fourth-order valence-corrected chi connectivity index (χ4v) is 1.78. The van der Waals surface area contributed by atoms with Gasteiger partial charge in [0.15, 0.2) is 0 Å². The van der Waals surface area contributed by atoms with Crippen molar-refractivity contribution in [3.8, 4) is 0 Å². The van der Waals surface area contributed by atoms with E-state index in [-0.39, 0.29) is 5.91 Å². The highest BCUT2D eigenvalue weighted by molar-refractivity contribution is 6.03. The highest BCUT2D eigenvalue weighted by Crippen LogP contribution is 2.36. The summed E-state index contributed by atoms with van der Waals surface area (Å²) >= 11 is 0. The molecule has 94 valence electrons. The molecular formula is C11H14N6O. The summed E-state index contributed by atoms with van der Waals surface area (Å²) < 4.78 is 3.61. The lowest BCUT2D eigenvalue weighted by atomic mass is 10.3. The molecule has 3 rings (SSSR count). The van der Waals surface area contributed by atoms with Gasteiger partial charge in [-0.2, -0.15) is 5.10 Å². The molecular weight excluding hydrogens is 232 g/mol. The monoisotopic (exact) mass is 246 g/mol. The molecule has 0 spiro atoms. The van der Waals surface area contributed by atoms with Gasteiger partial charge in [-0.05, 0) is 19.8 Å². The molecule has 7 nitrogen and oxygen atoms in total. The van der Waals surface area contributed by atoms with E-state index < -0.39 is 0 Å². The first kappa shape index (κ1) is 10.9. The molecule has 0 saturated heterocycles. The van der Waals surface area contributed by atoms with Crippen LogP contribution in [0.4, 0.5) is 5.95 Å². The Labute approximate surface area is 104 Å². The van der Waals surface area contributed by atoms with Crippen LogP contribution in [0.25, 0.3) is 0 Å². The standard InChI is InChI=1S/C11H14N6O/c1-2-16-6-8(5-13-16)10(18)14-11-15-12-7-17(11)9-3-4-9/h5-7,9H,2-4H2,1H3,(H,14,15,18). The molecule has 0 atom stereocenters. The van der Waals surface area contributed by atoms with Crippen LogP contribution in [0.1, 0.15) is 36.2 Å². The fourth-order valence-electron chi connectivity index (χ4n) is 1.78. The first-order valence-corrected chi connectivity index (χ1v) is 6.01. The van der Waals surface area contributed by atoms with E-state index in [1.807, 2.05) is 11.5 Å². The van der Waals surface area contributed by atoms with Gasteiger partial charge < -0.3 is 0 Å². The lowest BCUT2D eigenvalue weighted by molar-refractivity contribution is 0.102. The van der Waals surface area contributed by atoms with E-state index >= 15 is 0 Å². The molecule has 1 fully saturated rings. The smallest absolute Gasteiger partial charge is 0.261 e. The zero-order chi connectivity index (χ0) is 12.5. The van der Waals surface area contributed by atoms with Crippen molar-refractivity contribution in [2.24, 2.45) is 0 Å². The Morgan fingerprint density at radius 2 is 2.39 bits per heavy atom. The molecule has 0 aliphatic heterocycles. The van der Waals surface area contributed by atoms with Crippen LogP contribution in [0.5, 0.6) is 0 Å². The molecule has 2 heterocycles. The third-order valence-electron chi connectivity index (χ3n) is 2.96. The summed E-state index contributed by atoms with van der Waals surface area (Å²) in [6.07, 6.45) is 7.16. The summed E-state index contributed by atoms with van der Waals surface area (Å²) in [5.74, 6) is 0.302. The summed E-state index contributed by atoms with van der Waals surface area (Å²) in [7, 11) is 0. The average Bonchev–Trinajstić information content (AvgIpc) is 2.93. The predicted octanol–water partition coefficient (Wildman–Crippen LogP) is 1.08. The van der Waals surface area contributed by atoms with Crippen LogP contribution in [0.2, 0.25) is 0 Å². The highest BCUT2D eigenvalue weighted by Gasteiger charge is 2.26. The first-order valence-electron chi connectivity index (χ1n) is 6.01. The quantitative estimate of drug-likeness (QED) is 0.875. The van der Waals surface area contributed by atoms with Gasteiger partial charge in [-0.3, -0.25) is 19.4 Å². The summed E-state index contributed by atoms with van der Waals surface area (Å²) in [4.78, 5) is 12.0. The predicted molar refractivity (Wildman–Crippen MR) is 64.1 cm³/mol. The van der Waals surface area contributed by atoms with Crippen LogP contribution in [-0.2, 0) is 6.54 Å². The Morgan fingerprint density at radius 3 is 3.06 bits per heavy atom. The SMILES string of the molecule is CCn1cc(C(=O)Nc2nncn2C2CC2)cn1. The van der Waals surface area contributed by atoms with Crippen LogP contribution >= 0.6 is 0 Å². The van der Waals surface area contributed by atoms with Gasteiger partial charge in [-0.15, -0.1) is 10.2 Å². The topological polar surface area (TPSA) is 77.6 Å². The number of carbonyl (C=O) groups is 1. The van der Waals surface area contributed by atoms with Crippen molar-refractivity contribution in [3.63, 3.8) is 0 Å². The van der Waals surface area contributed by atoms with Crippen molar-refractivity contribution in [1.82, 2.24) is 24.5 Å². The van der Waals surface area contributed by atoms with Crippen LogP contribution in [-0.4, -0.2) is 30.5 Å². The van der Waals surface area contributed by atoms with E-state index in [1.165, 1.54) is 0 Å². The van der Waals surface area contributed by atoms with E-state index in [1.54, 1.807) is 23.4 Å². The van der Waals surface area contributed by atoms with Crippen molar-refractivity contribution in [2.75, 3.05) is 5.32 Å². The van der Waals surface area contributed by atoms with Crippen LogP contribution in [0.15, 0.2) is 18.7 Å².